The maximum Gasteiger partial charge on any atom is 0.0109 e. The highest BCUT2D eigenvalue weighted by atomic mass is 35.5. The summed E-state index contributed by atoms with van der Waals surface area (Å²) in [5.74, 6) is 0. The van der Waals surface area contributed by atoms with Crippen molar-refractivity contribution < 1.29 is 0 Å². The highest BCUT2D eigenvalue weighted by Gasteiger charge is 1.84. The van der Waals surface area contributed by atoms with Crippen molar-refractivity contribution in [1.82, 2.24) is 0 Å². The largest absolute Gasteiger partial charge is 0.327 e. The van der Waals surface area contributed by atoms with Crippen LogP contribution in [0.4, 0.5) is 0 Å². The number of hydrogen-bond donors (Lipinski definition) is 1. The summed E-state index contributed by atoms with van der Waals surface area (Å²) in [5.41, 5.74) is 6.77. The topological polar surface area (TPSA) is 26.0 Å². The Bertz CT molecular complexity index is 73.0. The lowest BCUT2D eigenvalue weighted by molar-refractivity contribution is 0.961. The minimum atomic E-state index is 0. The summed E-state index contributed by atoms with van der Waals surface area (Å²) in [6.07, 6.45) is 4.39. The molecule has 0 aromatic carbocycles. The fraction of sp³-hybridized carbons (Fsp3) is 0.714. The maximum atomic E-state index is 5.30. The molecule has 0 aromatic rings. The van der Waals surface area contributed by atoms with E-state index in [1.165, 1.54) is 5.57 Å². The van der Waals surface area contributed by atoms with Crippen LogP contribution in [0.15, 0.2) is 11.6 Å². The van der Waals surface area contributed by atoms with Crippen LogP contribution < -0.4 is 5.73 Å². The summed E-state index contributed by atoms with van der Waals surface area (Å²) in [6, 6.07) is 0. The van der Waals surface area contributed by atoms with Gasteiger partial charge in [-0.05, 0) is 12.8 Å². The van der Waals surface area contributed by atoms with Gasteiger partial charge in [-0.2, -0.15) is 0 Å². The van der Waals surface area contributed by atoms with E-state index in [-0.39, 0.29) is 12.4 Å². The molecule has 0 saturated heterocycles. The van der Waals surface area contributed by atoms with Crippen molar-refractivity contribution >= 4 is 12.4 Å². The molecule has 1 nitrogen and oxygen atoms in total. The van der Waals surface area contributed by atoms with E-state index in [1.807, 2.05) is 0 Å². The van der Waals surface area contributed by atoms with E-state index in [2.05, 4.69) is 19.9 Å². The third-order valence-corrected chi connectivity index (χ3v) is 1.31. The number of nitrogens with two attached hydrogens (primary N) is 1. The summed E-state index contributed by atoms with van der Waals surface area (Å²) in [7, 11) is 0. The van der Waals surface area contributed by atoms with E-state index in [4.69, 9.17) is 5.73 Å². The summed E-state index contributed by atoms with van der Waals surface area (Å²) in [5, 5.41) is 0. The predicted molar refractivity (Wildman–Crippen MR) is 45.0 cm³/mol. The number of halogens is 1. The Hall–Kier alpha value is -0.0100. The molecule has 9 heavy (non-hydrogen) atoms. The summed E-state index contributed by atoms with van der Waals surface area (Å²) < 4.78 is 0. The second kappa shape index (κ2) is 7.99. The van der Waals surface area contributed by atoms with E-state index < -0.39 is 0 Å². The van der Waals surface area contributed by atoms with Crippen molar-refractivity contribution in [2.45, 2.75) is 26.7 Å². The van der Waals surface area contributed by atoms with Gasteiger partial charge in [0.05, 0.1) is 0 Å². The van der Waals surface area contributed by atoms with Gasteiger partial charge in [-0.25, -0.2) is 0 Å². The van der Waals surface area contributed by atoms with E-state index >= 15 is 0 Å². The molecule has 0 spiro atoms. The van der Waals surface area contributed by atoms with Crippen LogP contribution in [-0.2, 0) is 0 Å². The Morgan fingerprint density at radius 3 is 1.89 bits per heavy atom. The molecule has 2 heteroatoms. The monoisotopic (exact) mass is 149 g/mol. The lowest BCUT2D eigenvalue weighted by Gasteiger charge is -1.95. The van der Waals surface area contributed by atoms with Gasteiger partial charge in [0.2, 0.25) is 0 Å². The molecule has 0 aromatic heterocycles. The van der Waals surface area contributed by atoms with E-state index in [0.717, 1.165) is 12.8 Å². The fourth-order valence-corrected chi connectivity index (χ4v) is 0.705. The van der Waals surface area contributed by atoms with Crippen molar-refractivity contribution in [2.24, 2.45) is 5.73 Å². The highest BCUT2D eigenvalue weighted by Crippen LogP contribution is 2.02. The number of rotatable bonds is 3. The number of allylic oxidation sites excluding steroid dienone is 1. The van der Waals surface area contributed by atoms with Crippen molar-refractivity contribution in [3.05, 3.63) is 11.6 Å². The molecule has 0 radical (unpaired) electrons. The SMILES string of the molecule is CCC(=CCN)CC.Cl. The Balaban J connectivity index is 0. The Morgan fingerprint density at radius 1 is 1.33 bits per heavy atom. The van der Waals surface area contributed by atoms with Gasteiger partial charge in [-0.15, -0.1) is 12.4 Å². The molecule has 0 fully saturated rings. The van der Waals surface area contributed by atoms with Crippen LogP contribution in [0.5, 0.6) is 0 Å². The fourth-order valence-electron chi connectivity index (χ4n) is 0.705. The summed E-state index contributed by atoms with van der Waals surface area (Å²) in [6.45, 7) is 5.01. The first-order chi connectivity index (χ1) is 3.85. The Morgan fingerprint density at radius 2 is 1.78 bits per heavy atom. The molecule has 0 aliphatic rings. The van der Waals surface area contributed by atoms with Crippen LogP contribution in [0.1, 0.15) is 26.7 Å². The molecule has 0 rings (SSSR count). The van der Waals surface area contributed by atoms with Gasteiger partial charge >= 0.3 is 0 Å². The third kappa shape index (κ3) is 5.87. The molecule has 0 unspecified atom stereocenters. The third-order valence-electron chi connectivity index (χ3n) is 1.31. The van der Waals surface area contributed by atoms with Crippen LogP contribution in [-0.4, -0.2) is 6.54 Å². The van der Waals surface area contributed by atoms with E-state index in [1.54, 1.807) is 0 Å². The average Bonchev–Trinajstić information content (AvgIpc) is 1.83. The van der Waals surface area contributed by atoms with E-state index in [0.29, 0.717) is 6.54 Å². The second-order valence-electron chi connectivity index (χ2n) is 1.81. The number of hydrogen-bond acceptors (Lipinski definition) is 1. The molecule has 0 saturated carbocycles. The van der Waals surface area contributed by atoms with Crippen LogP contribution in [0.2, 0.25) is 0 Å². The van der Waals surface area contributed by atoms with Crippen molar-refractivity contribution in [2.75, 3.05) is 6.54 Å². The summed E-state index contributed by atoms with van der Waals surface area (Å²) in [4.78, 5) is 0. The van der Waals surface area contributed by atoms with Gasteiger partial charge in [0.1, 0.15) is 0 Å². The van der Waals surface area contributed by atoms with Gasteiger partial charge in [0.15, 0.2) is 0 Å². The first kappa shape index (κ1) is 11.7. The second-order valence-corrected chi connectivity index (χ2v) is 1.81. The first-order valence-electron chi connectivity index (χ1n) is 3.23. The smallest absolute Gasteiger partial charge is 0.0109 e. The van der Waals surface area contributed by atoms with Gasteiger partial charge in [0.25, 0.3) is 0 Å². The maximum absolute atomic E-state index is 5.30. The lowest BCUT2D eigenvalue weighted by atomic mass is 10.1. The van der Waals surface area contributed by atoms with Crippen LogP contribution >= 0.6 is 12.4 Å². The average molecular weight is 150 g/mol. The quantitative estimate of drug-likeness (QED) is 0.612. The normalized spacial score (nSPS) is 7.89. The molecule has 0 aliphatic carbocycles. The van der Waals surface area contributed by atoms with Crippen molar-refractivity contribution in [1.29, 1.82) is 0 Å². The molecular weight excluding hydrogens is 134 g/mol. The van der Waals surface area contributed by atoms with Gasteiger partial charge < -0.3 is 5.73 Å². The molecule has 56 valence electrons. The zero-order chi connectivity index (χ0) is 6.41. The van der Waals surface area contributed by atoms with Crippen LogP contribution in [0.25, 0.3) is 0 Å². The Labute approximate surface area is 63.7 Å². The van der Waals surface area contributed by atoms with Gasteiger partial charge in [-0.3, -0.25) is 0 Å². The minimum absolute atomic E-state index is 0. The molecule has 0 bridgehead atoms. The van der Waals surface area contributed by atoms with Crippen molar-refractivity contribution in [3.8, 4) is 0 Å². The lowest BCUT2D eigenvalue weighted by Crippen LogP contribution is -1.94. The molecule has 2 N–H and O–H groups in total. The molecular formula is C7H16ClN. The van der Waals surface area contributed by atoms with Crippen LogP contribution in [0, 0.1) is 0 Å². The van der Waals surface area contributed by atoms with Gasteiger partial charge in [0, 0.05) is 6.54 Å². The zero-order valence-corrected chi connectivity index (χ0v) is 7.00. The molecule has 0 atom stereocenters. The first-order valence-corrected chi connectivity index (χ1v) is 3.23. The van der Waals surface area contributed by atoms with Crippen molar-refractivity contribution in [3.63, 3.8) is 0 Å². The van der Waals surface area contributed by atoms with Crippen LogP contribution in [0.3, 0.4) is 0 Å². The molecule has 0 amide bonds. The van der Waals surface area contributed by atoms with Gasteiger partial charge in [-0.1, -0.05) is 25.5 Å². The zero-order valence-electron chi connectivity index (χ0n) is 6.18. The Kier molecular flexibility index (Phi) is 10.4. The summed E-state index contributed by atoms with van der Waals surface area (Å²) >= 11 is 0. The highest BCUT2D eigenvalue weighted by molar-refractivity contribution is 5.85. The predicted octanol–water partition coefficient (Wildman–Crippen LogP) is 2.11. The molecule has 0 aliphatic heterocycles. The minimum Gasteiger partial charge on any atom is -0.327 e. The molecule has 0 heterocycles. The standard InChI is InChI=1S/C7H15N.ClH/c1-3-7(4-2)5-6-8;/h5H,3-4,6,8H2,1-2H3;1H. The van der Waals surface area contributed by atoms with E-state index in [9.17, 15) is 0 Å².